The van der Waals surface area contributed by atoms with Crippen LogP contribution in [-0.2, 0) is 39.9 Å². The first-order chi connectivity index (χ1) is 19.9. The molecule has 3 rings (SSSR count). The molecule has 0 aliphatic carbocycles. The van der Waals surface area contributed by atoms with Crippen molar-refractivity contribution in [3.63, 3.8) is 0 Å². The Kier molecular flexibility index (Phi) is 10.1. The summed E-state index contributed by atoms with van der Waals surface area (Å²) < 4.78 is 21.8. The van der Waals surface area contributed by atoms with Crippen molar-refractivity contribution in [3.8, 4) is 11.5 Å². The minimum Gasteiger partial charge on any atom is -0.486 e. The molecule has 42 heavy (non-hydrogen) atoms. The molecule has 4 unspecified atom stereocenters. The van der Waals surface area contributed by atoms with Gasteiger partial charge in [-0.05, 0) is 18.2 Å². The molecular weight excluding hydrogens is 562 g/mol. The van der Waals surface area contributed by atoms with E-state index in [0.717, 1.165) is 19.2 Å². The van der Waals surface area contributed by atoms with Crippen molar-refractivity contribution in [2.45, 2.75) is 37.4 Å². The molecule has 0 aromatic heterocycles. The number of carbonyl (C=O) groups excluding carboxylic acids is 2. The first-order valence-corrected chi connectivity index (χ1v) is 12.4. The number of esters is 2. The van der Waals surface area contributed by atoms with Gasteiger partial charge in [0.05, 0.1) is 44.3 Å². The molecule has 224 valence electrons. The Morgan fingerprint density at radius 3 is 2.19 bits per heavy atom. The summed E-state index contributed by atoms with van der Waals surface area (Å²) in [5, 5.41) is 40.0. The van der Waals surface area contributed by atoms with Crippen molar-refractivity contribution < 1.29 is 63.2 Å². The maximum atomic E-state index is 12.8. The molecule has 1 aliphatic rings. The highest BCUT2D eigenvalue weighted by Crippen LogP contribution is 2.46. The first kappa shape index (κ1) is 31.5. The standard InChI is InChI=1S/C27H27NO14/c1-39-26(36)25-19(12-22(31)32)27(13-23(33)34,16(14-40-25)11-21(29)30)42-20-5-3-2-4-15(20)10-24(35)41-18-8-6-17(7-9-18)28(37)38/h2-9,16,19,25H,10-14H2,1H3,(H,29,30)(H,31,32)(H,33,34). The summed E-state index contributed by atoms with van der Waals surface area (Å²) in [6, 6.07) is 10.6. The van der Waals surface area contributed by atoms with Crippen LogP contribution in [0.5, 0.6) is 11.5 Å². The number of hydrogen-bond acceptors (Lipinski definition) is 11. The Bertz CT molecular complexity index is 1360. The fraction of sp³-hybridized carbons (Fsp3) is 0.370. The highest BCUT2D eigenvalue weighted by molar-refractivity contribution is 5.79. The van der Waals surface area contributed by atoms with Gasteiger partial charge >= 0.3 is 29.8 Å². The van der Waals surface area contributed by atoms with Gasteiger partial charge in [-0.3, -0.25) is 29.3 Å². The van der Waals surface area contributed by atoms with Crippen LogP contribution in [0.1, 0.15) is 24.8 Å². The number of nitro groups is 1. The Morgan fingerprint density at radius 1 is 0.976 bits per heavy atom. The Balaban J connectivity index is 2.03. The molecule has 0 spiro atoms. The second kappa shape index (κ2) is 13.5. The average Bonchev–Trinajstić information content (AvgIpc) is 2.91. The number of ether oxygens (including phenoxy) is 4. The lowest BCUT2D eigenvalue weighted by Crippen LogP contribution is -2.63. The van der Waals surface area contributed by atoms with E-state index in [1.54, 1.807) is 0 Å². The smallest absolute Gasteiger partial charge is 0.335 e. The van der Waals surface area contributed by atoms with E-state index in [0.29, 0.717) is 0 Å². The van der Waals surface area contributed by atoms with Crippen molar-refractivity contribution in [3.05, 3.63) is 64.2 Å². The molecule has 2 aromatic carbocycles. The second-order valence-corrected chi connectivity index (χ2v) is 9.41. The van der Waals surface area contributed by atoms with E-state index in [1.807, 2.05) is 0 Å². The summed E-state index contributed by atoms with van der Waals surface area (Å²) >= 11 is 0. The number of carboxylic acid groups (broad SMARTS) is 3. The maximum absolute atomic E-state index is 12.8. The number of nitro benzene ring substituents is 1. The van der Waals surface area contributed by atoms with E-state index in [2.05, 4.69) is 0 Å². The summed E-state index contributed by atoms with van der Waals surface area (Å²) in [6.07, 6.45) is -4.49. The van der Waals surface area contributed by atoms with Gasteiger partial charge < -0.3 is 34.3 Å². The molecular formula is C27H27NO14. The molecule has 3 N–H and O–H groups in total. The van der Waals surface area contributed by atoms with Crippen LogP contribution in [0.25, 0.3) is 0 Å². The van der Waals surface area contributed by atoms with E-state index in [-0.39, 0.29) is 22.7 Å². The van der Waals surface area contributed by atoms with Crippen LogP contribution in [-0.4, -0.2) is 75.5 Å². The van der Waals surface area contributed by atoms with E-state index < -0.39 is 90.6 Å². The van der Waals surface area contributed by atoms with Crippen LogP contribution < -0.4 is 9.47 Å². The zero-order valence-corrected chi connectivity index (χ0v) is 22.2. The van der Waals surface area contributed by atoms with Crippen LogP contribution >= 0.6 is 0 Å². The van der Waals surface area contributed by atoms with Crippen molar-refractivity contribution >= 4 is 35.5 Å². The Hall–Kier alpha value is -5.05. The van der Waals surface area contributed by atoms with Crippen LogP contribution in [0, 0.1) is 22.0 Å². The molecule has 0 bridgehead atoms. The van der Waals surface area contributed by atoms with Crippen molar-refractivity contribution in [2.75, 3.05) is 13.7 Å². The van der Waals surface area contributed by atoms with Gasteiger partial charge in [0, 0.05) is 29.5 Å². The van der Waals surface area contributed by atoms with E-state index >= 15 is 0 Å². The number of hydrogen-bond donors (Lipinski definition) is 3. The number of rotatable bonds is 13. The second-order valence-electron chi connectivity index (χ2n) is 9.41. The number of carboxylic acids is 3. The zero-order chi connectivity index (χ0) is 31.0. The van der Waals surface area contributed by atoms with Crippen LogP contribution in [0.2, 0.25) is 0 Å². The summed E-state index contributed by atoms with van der Waals surface area (Å²) in [5.41, 5.74) is -2.16. The zero-order valence-electron chi connectivity index (χ0n) is 22.2. The average molecular weight is 590 g/mol. The summed E-state index contributed by atoms with van der Waals surface area (Å²) in [6.45, 7) is -0.472. The predicted molar refractivity (Wildman–Crippen MR) is 138 cm³/mol. The van der Waals surface area contributed by atoms with Crippen molar-refractivity contribution in [1.29, 1.82) is 0 Å². The minimum atomic E-state index is -2.11. The van der Waals surface area contributed by atoms with E-state index in [1.165, 1.54) is 36.4 Å². The van der Waals surface area contributed by atoms with Gasteiger partial charge in [0.25, 0.3) is 5.69 Å². The molecule has 2 aromatic rings. The van der Waals surface area contributed by atoms with Gasteiger partial charge in [0.1, 0.15) is 17.1 Å². The monoisotopic (exact) mass is 589 g/mol. The number of para-hydroxylation sites is 1. The lowest BCUT2D eigenvalue weighted by atomic mass is 9.67. The third-order valence-corrected chi connectivity index (χ3v) is 6.72. The summed E-state index contributed by atoms with van der Waals surface area (Å²) in [5.74, 6) is -8.92. The van der Waals surface area contributed by atoms with Gasteiger partial charge in [-0.1, -0.05) is 18.2 Å². The molecule has 0 amide bonds. The largest absolute Gasteiger partial charge is 0.486 e. The quantitative estimate of drug-likeness (QED) is 0.132. The maximum Gasteiger partial charge on any atom is 0.335 e. The highest BCUT2D eigenvalue weighted by Gasteiger charge is 2.59. The van der Waals surface area contributed by atoms with E-state index in [9.17, 15) is 49.4 Å². The number of aliphatic carboxylic acids is 3. The normalized spacial score (nSPS) is 21.5. The molecule has 1 saturated heterocycles. The van der Waals surface area contributed by atoms with Crippen LogP contribution in [0.4, 0.5) is 5.69 Å². The van der Waals surface area contributed by atoms with E-state index in [4.69, 9.17) is 18.9 Å². The highest BCUT2D eigenvalue weighted by atomic mass is 16.6. The van der Waals surface area contributed by atoms with Crippen LogP contribution in [0.15, 0.2) is 48.5 Å². The number of carbonyl (C=O) groups is 5. The fourth-order valence-corrected chi connectivity index (χ4v) is 4.91. The SMILES string of the molecule is COC(=O)C1OCC(CC(=O)O)C(CC(=O)O)(Oc2ccccc2CC(=O)Oc2ccc([N+](=O)[O-])cc2)C1CC(=O)O. The predicted octanol–water partition coefficient (Wildman–Crippen LogP) is 2.09. The number of non-ortho nitro benzene ring substituents is 1. The molecule has 1 heterocycles. The molecule has 0 radical (unpaired) electrons. The van der Waals surface area contributed by atoms with Crippen molar-refractivity contribution in [2.24, 2.45) is 11.8 Å². The number of benzene rings is 2. The number of methoxy groups -OCH3 is 1. The topological polar surface area (TPSA) is 226 Å². The summed E-state index contributed by atoms with van der Waals surface area (Å²) in [4.78, 5) is 71.4. The van der Waals surface area contributed by atoms with Gasteiger partial charge in [0.15, 0.2) is 6.10 Å². The first-order valence-electron chi connectivity index (χ1n) is 12.4. The van der Waals surface area contributed by atoms with Crippen molar-refractivity contribution in [1.82, 2.24) is 0 Å². The van der Waals surface area contributed by atoms with Crippen LogP contribution in [0.3, 0.4) is 0 Å². The lowest BCUT2D eigenvalue weighted by Gasteiger charge is -2.50. The molecule has 1 fully saturated rings. The molecule has 0 saturated carbocycles. The Labute approximate surface area is 237 Å². The van der Waals surface area contributed by atoms with Gasteiger partial charge in [0.2, 0.25) is 0 Å². The molecule has 1 aliphatic heterocycles. The van der Waals surface area contributed by atoms with Gasteiger partial charge in [-0.25, -0.2) is 4.79 Å². The molecule has 15 heteroatoms. The minimum absolute atomic E-state index is 0.0136. The number of nitrogens with zero attached hydrogens (tertiary/aromatic N) is 1. The molecule has 4 atom stereocenters. The molecule has 15 nitrogen and oxygen atoms in total. The van der Waals surface area contributed by atoms with Gasteiger partial charge in [-0.2, -0.15) is 0 Å². The Morgan fingerprint density at radius 2 is 1.62 bits per heavy atom. The van der Waals surface area contributed by atoms with Gasteiger partial charge in [-0.15, -0.1) is 0 Å². The third-order valence-electron chi connectivity index (χ3n) is 6.72. The fourth-order valence-electron chi connectivity index (χ4n) is 4.91. The lowest BCUT2D eigenvalue weighted by molar-refractivity contribution is -0.384. The third kappa shape index (κ3) is 7.57. The summed E-state index contributed by atoms with van der Waals surface area (Å²) in [7, 11) is 1.03.